The summed E-state index contributed by atoms with van der Waals surface area (Å²) >= 11 is 0. The Morgan fingerprint density at radius 3 is 2.26 bits per heavy atom. The highest BCUT2D eigenvalue weighted by atomic mass is 19.1. The van der Waals surface area contributed by atoms with Gasteiger partial charge in [-0.25, -0.2) is 8.78 Å². The van der Waals surface area contributed by atoms with E-state index in [0.29, 0.717) is 6.42 Å². The topological polar surface area (TPSA) is 26.0 Å². The third kappa shape index (κ3) is 3.18. The molecule has 2 aromatic carbocycles. The molecule has 0 amide bonds. The SMILES string of the molecule is Cc1ccc(F)cc1CC(N)c1ccc(F)cc1C. The number of hydrogen-bond acceptors (Lipinski definition) is 1. The van der Waals surface area contributed by atoms with Crippen LogP contribution in [0.1, 0.15) is 28.3 Å². The van der Waals surface area contributed by atoms with Crippen LogP contribution in [0.3, 0.4) is 0 Å². The zero-order chi connectivity index (χ0) is 14.0. The van der Waals surface area contributed by atoms with E-state index in [0.717, 1.165) is 22.3 Å². The Morgan fingerprint density at radius 2 is 1.58 bits per heavy atom. The molecule has 0 saturated heterocycles. The number of halogens is 2. The second-order valence-corrected chi connectivity index (χ2v) is 4.88. The van der Waals surface area contributed by atoms with Crippen molar-refractivity contribution in [3.63, 3.8) is 0 Å². The van der Waals surface area contributed by atoms with Crippen LogP contribution in [-0.4, -0.2) is 0 Å². The largest absolute Gasteiger partial charge is 0.324 e. The van der Waals surface area contributed by atoms with E-state index < -0.39 is 0 Å². The monoisotopic (exact) mass is 261 g/mol. The summed E-state index contributed by atoms with van der Waals surface area (Å²) < 4.78 is 26.3. The predicted molar refractivity (Wildman–Crippen MR) is 72.9 cm³/mol. The van der Waals surface area contributed by atoms with Crippen LogP contribution in [0.2, 0.25) is 0 Å². The first-order valence-electron chi connectivity index (χ1n) is 6.24. The third-order valence-electron chi connectivity index (χ3n) is 3.38. The van der Waals surface area contributed by atoms with Crippen molar-refractivity contribution >= 4 is 0 Å². The van der Waals surface area contributed by atoms with E-state index in [1.807, 2.05) is 13.8 Å². The average Bonchev–Trinajstić information content (AvgIpc) is 2.33. The molecule has 2 rings (SSSR count). The lowest BCUT2D eigenvalue weighted by atomic mass is 9.94. The van der Waals surface area contributed by atoms with Gasteiger partial charge in [-0.3, -0.25) is 0 Å². The van der Waals surface area contributed by atoms with E-state index in [1.54, 1.807) is 12.1 Å². The van der Waals surface area contributed by atoms with Crippen molar-refractivity contribution in [3.05, 3.63) is 70.3 Å². The molecule has 0 heterocycles. The van der Waals surface area contributed by atoms with Gasteiger partial charge in [-0.1, -0.05) is 12.1 Å². The lowest BCUT2D eigenvalue weighted by molar-refractivity contribution is 0.617. The van der Waals surface area contributed by atoms with Gasteiger partial charge in [0.1, 0.15) is 11.6 Å². The molecule has 0 radical (unpaired) electrons. The molecule has 19 heavy (non-hydrogen) atoms. The van der Waals surface area contributed by atoms with E-state index in [2.05, 4.69) is 0 Å². The van der Waals surface area contributed by atoms with Gasteiger partial charge in [-0.15, -0.1) is 0 Å². The molecule has 0 spiro atoms. The molecular formula is C16H17F2N. The summed E-state index contributed by atoms with van der Waals surface area (Å²) in [5.41, 5.74) is 9.76. The molecule has 0 fully saturated rings. The first kappa shape index (κ1) is 13.7. The minimum atomic E-state index is -0.268. The first-order chi connectivity index (χ1) is 8.97. The van der Waals surface area contributed by atoms with Crippen LogP contribution in [0.25, 0.3) is 0 Å². The van der Waals surface area contributed by atoms with Gasteiger partial charge in [0.15, 0.2) is 0 Å². The van der Waals surface area contributed by atoms with E-state index >= 15 is 0 Å². The van der Waals surface area contributed by atoms with Gasteiger partial charge in [0.05, 0.1) is 0 Å². The molecule has 1 atom stereocenters. The zero-order valence-corrected chi connectivity index (χ0v) is 11.1. The molecule has 0 bridgehead atoms. The smallest absolute Gasteiger partial charge is 0.123 e. The van der Waals surface area contributed by atoms with Crippen molar-refractivity contribution < 1.29 is 8.78 Å². The fourth-order valence-corrected chi connectivity index (χ4v) is 2.26. The number of aryl methyl sites for hydroxylation is 2. The first-order valence-corrected chi connectivity index (χ1v) is 6.24. The predicted octanol–water partition coefficient (Wildman–Crippen LogP) is 3.82. The van der Waals surface area contributed by atoms with Crippen LogP contribution in [0, 0.1) is 25.5 Å². The van der Waals surface area contributed by atoms with Crippen molar-refractivity contribution in [2.45, 2.75) is 26.3 Å². The fraction of sp³-hybridized carbons (Fsp3) is 0.250. The zero-order valence-electron chi connectivity index (χ0n) is 11.1. The van der Waals surface area contributed by atoms with Gasteiger partial charge in [0.25, 0.3) is 0 Å². The molecule has 2 aromatic rings. The van der Waals surface area contributed by atoms with E-state index in [4.69, 9.17) is 5.73 Å². The van der Waals surface area contributed by atoms with Crippen LogP contribution in [0.15, 0.2) is 36.4 Å². The summed E-state index contributed by atoms with van der Waals surface area (Å²) in [6.07, 6.45) is 0.538. The van der Waals surface area contributed by atoms with Gasteiger partial charge >= 0.3 is 0 Å². The highest BCUT2D eigenvalue weighted by Crippen LogP contribution is 2.22. The Balaban J connectivity index is 2.25. The van der Waals surface area contributed by atoms with Crippen molar-refractivity contribution in [2.75, 3.05) is 0 Å². The lowest BCUT2D eigenvalue weighted by Crippen LogP contribution is -2.15. The summed E-state index contributed by atoms with van der Waals surface area (Å²) in [5.74, 6) is -0.529. The summed E-state index contributed by atoms with van der Waals surface area (Å²) in [5, 5.41) is 0. The maximum Gasteiger partial charge on any atom is 0.123 e. The number of nitrogens with two attached hydrogens (primary N) is 1. The molecule has 3 heteroatoms. The molecule has 1 unspecified atom stereocenters. The Kier molecular flexibility index (Phi) is 3.96. The standard InChI is InChI=1S/C16H17F2N/c1-10-3-4-14(18)8-12(10)9-16(19)15-6-5-13(17)7-11(15)2/h3-8,16H,9,19H2,1-2H3. The second-order valence-electron chi connectivity index (χ2n) is 4.88. The summed E-state index contributed by atoms with van der Waals surface area (Å²) in [7, 11) is 0. The Hall–Kier alpha value is -1.74. The summed E-state index contributed by atoms with van der Waals surface area (Å²) in [6, 6.07) is 9.00. The fourth-order valence-electron chi connectivity index (χ4n) is 2.26. The maximum atomic E-state index is 13.2. The normalized spacial score (nSPS) is 12.5. The quantitative estimate of drug-likeness (QED) is 0.893. The molecule has 0 aromatic heterocycles. The molecule has 0 aliphatic heterocycles. The highest BCUT2D eigenvalue weighted by molar-refractivity contribution is 5.33. The van der Waals surface area contributed by atoms with Crippen LogP contribution >= 0.6 is 0 Å². The number of benzene rings is 2. The van der Waals surface area contributed by atoms with Gasteiger partial charge < -0.3 is 5.73 Å². The molecular weight excluding hydrogens is 244 g/mol. The molecule has 1 nitrogen and oxygen atoms in total. The van der Waals surface area contributed by atoms with Crippen LogP contribution < -0.4 is 5.73 Å². The summed E-state index contributed by atoms with van der Waals surface area (Å²) in [4.78, 5) is 0. The van der Waals surface area contributed by atoms with E-state index in [9.17, 15) is 8.78 Å². The summed E-state index contributed by atoms with van der Waals surface area (Å²) in [6.45, 7) is 3.76. The highest BCUT2D eigenvalue weighted by Gasteiger charge is 2.12. The Labute approximate surface area is 112 Å². The van der Waals surface area contributed by atoms with Gasteiger partial charge in [-0.05, 0) is 66.8 Å². The second kappa shape index (κ2) is 5.49. The van der Waals surface area contributed by atoms with Crippen molar-refractivity contribution in [2.24, 2.45) is 5.73 Å². The van der Waals surface area contributed by atoms with E-state index in [-0.39, 0.29) is 17.7 Å². The third-order valence-corrected chi connectivity index (χ3v) is 3.38. The molecule has 100 valence electrons. The van der Waals surface area contributed by atoms with E-state index in [1.165, 1.54) is 24.3 Å². The lowest BCUT2D eigenvalue weighted by Gasteiger charge is -2.16. The average molecular weight is 261 g/mol. The van der Waals surface area contributed by atoms with Crippen molar-refractivity contribution in [1.82, 2.24) is 0 Å². The Morgan fingerprint density at radius 1 is 0.947 bits per heavy atom. The van der Waals surface area contributed by atoms with Crippen molar-refractivity contribution in [3.8, 4) is 0 Å². The van der Waals surface area contributed by atoms with Crippen LogP contribution in [0.5, 0.6) is 0 Å². The molecule has 0 aliphatic rings. The molecule has 2 N–H and O–H groups in total. The van der Waals surface area contributed by atoms with Gasteiger partial charge in [0.2, 0.25) is 0 Å². The molecule has 0 aliphatic carbocycles. The Bertz CT molecular complexity index is 593. The molecule has 0 saturated carbocycles. The minimum absolute atomic E-state index is 0.261. The van der Waals surface area contributed by atoms with Gasteiger partial charge in [-0.2, -0.15) is 0 Å². The minimum Gasteiger partial charge on any atom is -0.324 e. The van der Waals surface area contributed by atoms with Crippen molar-refractivity contribution in [1.29, 1.82) is 0 Å². The number of rotatable bonds is 3. The van der Waals surface area contributed by atoms with Gasteiger partial charge in [0, 0.05) is 6.04 Å². The van der Waals surface area contributed by atoms with Crippen LogP contribution in [-0.2, 0) is 6.42 Å². The number of hydrogen-bond donors (Lipinski definition) is 1. The maximum absolute atomic E-state index is 13.2. The van der Waals surface area contributed by atoms with Crippen LogP contribution in [0.4, 0.5) is 8.78 Å².